The zero-order valence-electron chi connectivity index (χ0n) is 12.3. The minimum absolute atomic E-state index is 0.0483. The van der Waals surface area contributed by atoms with Gasteiger partial charge in [0.1, 0.15) is 5.60 Å². The van der Waals surface area contributed by atoms with Gasteiger partial charge in [-0.15, -0.1) is 0 Å². The largest absolute Gasteiger partial charge is 0.443 e. The highest BCUT2D eigenvalue weighted by Crippen LogP contribution is 2.26. The molecule has 5 nitrogen and oxygen atoms in total. The van der Waals surface area contributed by atoms with Gasteiger partial charge in [-0.2, -0.15) is 0 Å². The fourth-order valence-corrected chi connectivity index (χ4v) is 2.31. The van der Waals surface area contributed by atoms with Crippen LogP contribution in [0.15, 0.2) is 0 Å². The summed E-state index contributed by atoms with van der Waals surface area (Å²) in [7, 11) is 0. The first kappa shape index (κ1) is 16.0. The molecular formula is C14H26N2O3. The molecule has 5 heteroatoms. The van der Waals surface area contributed by atoms with Gasteiger partial charge in [0.05, 0.1) is 0 Å². The van der Waals surface area contributed by atoms with Crippen LogP contribution in [0.4, 0.5) is 4.79 Å². The third-order valence-corrected chi connectivity index (χ3v) is 3.19. The summed E-state index contributed by atoms with van der Waals surface area (Å²) in [5.41, 5.74) is 4.90. The van der Waals surface area contributed by atoms with Crippen LogP contribution in [-0.4, -0.2) is 35.6 Å². The first-order valence-electron chi connectivity index (χ1n) is 7.09. The summed E-state index contributed by atoms with van der Waals surface area (Å²) in [6.07, 6.45) is 4.44. The Balaban J connectivity index is 2.69. The van der Waals surface area contributed by atoms with Crippen LogP contribution in [0.3, 0.4) is 0 Å². The minimum Gasteiger partial charge on any atom is -0.443 e. The number of rotatable bonds is 3. The number of carbonyl (C=O) groups excluding carboxylic acids is 2. The van der Waals surface area contributed by atoms with Gasteiger partial charge in [0.15, 0.2) is 0 Å². The van der Waals surface area contributed by atoms with Crippen molar-refractivity contribution >= 4 is 12.0 Å². The molecule has 2 amide bonds. The summed E-state index contributed by atoms with van der Waals surface area (Å²) in [6, 6.07) is 0. The summed E-state index contributed by atoms with van der Waals surface area (Å²) in [6.45, 7) is 5.85. The van der Waals surface area contributed by atoms with Crippen LogP contribution in [0.2, 0.25) is 0 Å². The van der Waals surface area contributed by atoms with Crippen LogP contribution in [0.1, 0.15) is 52.9 Å². The molecule has 1 saturated carbocycles. The molecule has 1 rings (SSSR count). The molecule has 0 aromatic carbocycles. The zero-order valence-corrected chi connectivity index (χ0v) is 12.3. The van der Waals surface area contributed by atoms with E-state index >= 15 is 0 Å². The third-order valence-electron chi connectivity index (χ3n) is 3.19. The Hall–Kier alpha value is -1.10. The monoisotopic (exact) mass is 270 g/mol. The van der Waals surface area contributed by atoms with E-state index in [1.54, 1.807) is 20.8 Å². The van der Waals surface area contributed by atoms with E-state index in [0.717, 1.165) is 25.7 Å². The van der Waals surface area contributed by atoms with Crippen molar-refractivity contribution in [1.29, 1.82) is 0 Å². The molecule has 0 heterocycles. The van der Waals surface area contributed by atoms with Crippen LogP contribution >= 0.6 is 0 Å². The fourth-order valence-electron chi connectivity index (χ4n) is 2.31. The molecule has 2 N–H and O–H groups in total. The summed E-state index contributed by atoms with van der Waals surface area (Å²) in [5.74, 6) is -0.174. The number of nitrogens with zero attached hydrogens (tertiary/aromatic N) is 1. The first-order chi connectivity index (χ1) is 8.85. The molecule has 1 fully saturated rings. The lowest BCUT2D eigenvalue weighted by atomic mass is 9.88. The van der Waals surface area contributed by atoms with Gasteiger partial charge in [-0.3, -0.25) is 4.79 Å². The molecule has 1 aliphatic rings. The third kappa shape index (κ3) is 5.19. The molecule has 0 unspecified atom stereocenters. The number of imide groups is 1. The quantitative estimate of drug-likeness (QED) is 0.854. The molecule has 0 bridgehead atoms. The van der Waals surface area contributed by atoms with Gasteiger partial charge < -0.3 is 10.5 Å². The Bertz CT molecular complexity index is 317. The molecule has 0 aliphatic heterocycles. The van der Waals surface area contributed by atoms with Crippen LogP contribution in [-0.2, 0) is 9.53 Å². The molecule has 1 aliphatic carbocycles. The van der Waals surface area contributed by atoms with Crippen molar-refractivity contribution in [2.45, 2.75) is 58.5 Å². The van der Waals surface area contributed by atoms with E-state index in [2.05, 4.69) is 0 Å². The topological polar surface area (TPSA) is 72.6 Å². The average molecular weight is 270 g/mol. The predicted octanol–water partition coefficient (Wildman–Crippen LogP) is 2.29. The van der Waals surface area contributed by atoms with Gasteiger partial charge in [0, 0.05) is 19.0 Å². The Labute approximate surface area is 115 Å². The molecule has 0 aromatic heterocycles. The molecule has 0 aromatic rings. The van der Waals surface area contributed by atoms with Crippen LogP contribution < -0.4 is 5.73 Å². The Morgan fingerprint density at radius 3 is 2.26 bits per heavy atom. The highest BCUT2D eigenvalue weighted by Gasteiger charge is 2.32. The molecule has 0 spiro atoms. The van der Waals surface area contributed by atoms with Crippen molar-refractivity contribution in [3.05, 3.63) is 0 Å². The van der Waals surface area contributed by atoms with Gasteiger partial charge in [-0.05, 0) is 33.6 Å². The first-order valence-corrected chi connectivity index (χ1v) is 7.09. The maximum atomic E-state index is 12.4. The van der Waals surface area contributed by atoms with Gasteiger partial charge >= 0.3 is 6.09 Å². The maximum Gasteiger partial charge on any atom is 0.417 e. The Morgan fingerprint density at radius 1 is 1.21 bits per heavy atom. The molecular weight excluding hydrogens is 244 g/mol. The normalized spacial score (nSPS) is 17.1. The lowest BCUT2D eigenvalue weighted by Crippen LogP contribution is -2.46. The van der Waals surface area contributed by atoms with E-state index in [9.17, 15) is 9.59 Å². The smallest absolute Gasteiger partial charge is 0.417 e. The van der Waals surface area contributed by atoms with Crippen molar-refractivity contribution in [2.24, 2.45) is 11.7 Å². The van der Waals surface area contributed by atoms with Gasteiger partial charge in [0.25, 0.3) is 0 Å². The molecule has 0 atom stereocenters. The van der Waals surface area contributed by atoms with Crippen LogP contribution in [0.25, 0.3) is 0 Å². The number of hydrogen-bond donors (Lipinski definition) is 1. The maximum absolute atomic E-state index is 12.4. The van der Waals surface area contributed by atoms with Crippen molar-refractivity contribution in [3.63, 3.8) is 0 Å². The minimum atomic E-state index is -0.600. The van der Waals surface area contributed by atoms with E-state index in [4.69, 9.17) is 10.5 Å². The highest BCUT2D eigenvalue weighted by atomic mass is 16.6. The van der Waals surface area contributed by atoms with Gasteiger partial charge in [-0.1, -0.05) is 19.3 Å². The van der Waals surface area contributed by atoms with E-state index < -0.39 is 11.7 Å². The average Bonchev–Trinajstić information content (AvgIpc) is 2.34. The number of carbonyl (C=O) groups is 2. The van der Waals surface area contributed by atoms with Crippen molar-refractivity contribution < 1.29 is 14.3 Å². The highest BCUT2D eigenvalue weighted by molar-refractivity contribution is 5.93. The second kappa shape index (κ2) is 6.89. The number of ether oxygens (including phenoxy) is 1. The van der Waals surface area contributed by atoms with Crippen molar-refractivity contribution in [2.75, 3.05) is 13.1 Å². The SMILES string of the molecule is CC(C)(C)OC(=O)N(CCN)C(=O)C1CCCCC1. The summed E-state index contributed by atoms with van der Waals surface area (Å²) in [5, 5.41) is 0. The Kier molecular flexibility index (Phi) is 5.79. The predicted molar refractivity (Wildman–Crippen MR) is 73.6 cm³/mol. The van der Waals surface area contributed by atoms with Gasteiger partial charge in [-0.25, -0.2) is 9.69 Å². The standard InChI is InChI=1S/C14H26N2O3/c1-14(2,3)19-13(18)16(10-9-15)12(17)11-7-5-4-6-8-11/h11H,4-10,15H2,1-3H3. The second-order valence-electron chi connectivity index (χ2n) is 6.09. The van der Waals surface area contributed by atoms with E-state index in [1.165, 1.54) is 11.3 Å². The Morgan fingerprint density at radius 2 is 1.79 bits per heavy atom. The van der Waals surface area contributed by atoms with E-state index in [0.29, 0.717) is 0 Å². The summed E-state index contributed by atoms with van der Waals surface area (Å²) in [4.78, 5) is 25.6. The summed E-state index contributed by atoms with van der Waals surface area (Å²) >= 11 is 0. The lowest BCUT2D eigenvalue weighted by molar-refractivity contribution is -0.135. The van der Waals surface area contributed by atoms with Crippen molar-refractivity contribution in [1.82, 2.24) is 4.90 Å². The van der Waals surface area contributed by atoms with Crippen molar-refractivity contribution in [3.8, 4) is 0 Å². The molecule has 19 heavy (non-hydrogen) atoms. The number of nitrogens with two attached hydrogens (primary N) is 1. The van der Waals surface area contributed by atoms with Gasteiger partial charge in [0.2, 0.25) is 5.91 Å². The number of hydrogen-bond acceptors (Lipinski definition) is 4. The molecule has 110 valence electrons. The second-order valence-corrected chi connectivity index (χ2v) is 6.09. The number of amides is 2. The molecule has 0 saturated heterocycles. The van der Waals surface area contributed by atoms with E-state index in [1.807, 2.05) is 0 Å². The van der Waals surface area contributed by atoms with Crippen LogP contribution in [0.5, 0.6) is 0 Å². The zero-order chi connectivity index (χ0) is 14.5. The van der Waals surface area contributed by atoms with Crippen LogP contribution in [0, 0.1) is 5.92 Å². The van der Waals surface area contributed by atoms with E-state index in [-0.39, 0.29) is 24.9 Å². The molecule has 0 radical (unpaired) electrons. The lowest BCUT2D eigenvalue weighted by Gasteiger charge is -2.29. The summed E-state index contributed by atoms with van der Waals surface area (Å²) < 4.78 is 5.27. The fraction of sp³-hybridized carbons (Fsp3) is 0.857.